The van der Waals surface area contributed by atoms with Gasteiger partial charge in [0.2, 0.25) is 23.7 Å². The van der Waals surface area contributed by atoms with E-state index in [1.807, 2.05) is 26.0 Å². The third-order valence-electron chi connectivity index (χ3n) is 9.02. The van der Waals surface area contributed by atoms with Crippen LogP contribution in [-0.2, 0) is 26.2 Å². The maximum atomic E-state index is 13.6. The lowest BCUT2D eigenvalue weighted by Crippen LogP contribution is -2.20. The number of nitrogens with two attached hydrogens (primary N) is 2. The molecular weight excluding hydrogens is 736 g/mol. The number of aliphatic hydroxyl groups is 1. The number of rotatable bonds is 17. The highest BCUT2D eigenvalue weighted by Crippen LogP contribution is 2.33. The second-order valence-corrected chi connectivity index (χ2v) is 13.0. The zero-order valence-corrected chi connectivity index (χ0v) is 32.2. The molecule has 7 N–H and O–H groups in total. The van der Waals surface area contributed by atoms with Crippen LogP contribution < -0.4 is 31.6 Å². The van der Waals surface area contributed by atoms with Crippen LogP contribution in [0.5, 0.6) is 11.5 Å². The lowest BCUT2D eigenvalue weighted by atomic mass is 10.1. The van der Waals surface area contributed by atoms with Crippen LogP contribution in [-0.4, -0.2) is 87.7 Å². The first kappa shape index (κ1) is 39.7. The van der Waals surface area contributed by atoms with Gasteiger partial charge in [-0.15, -0.1) is 0 Å². The number of hydrogen-bond donors (Lipinski definition) is 5. The largest absolute Gasteiger partial charge is 0.494 e. The van der Waals surface area contributed by atoms with Crippen LogP contribution in [0, 0.1) is 13.8 Å². The summed E-state index contributed by atoms with van der Waals surface area (Å²) in [6.45, 7) is 8.56. The van der Waals surface area contributed by atoms with E-state index in [-0.39, 0.29) is 55.1 Å². The van der Waals surface area contributed by atoms with Gasteiger partial charge >= 0.3 is 0 Å². The van der Waals surface area contributed by atoms with E-state index >= 15 is 0 Å². The lowest BCUT2D eigenvalue weighted by Gasteiger charge is -2.13. The smallest absolute Gasteiger partial charge is 0.276 e. The van der Waals surface area contributed by atoms with Gasteiger partial charge in [-0.2, -0.15) is 10.2 Å². The lowest BCUT2D eigenvalue weighted by molar-refractivity contribution is 0.0991. The number of anilines is 2. The van der Waals surface area contributed by atoms with Crippen molar-refractivity contribution in [2.45, 2.75) is 60.3 Å². The monoisotopic (exact) mass is 780 g/mol. The molecule has 0 fully saturated rings. The van der Waals surface area contributed by atoms with Gasteiger partial charge < -0.3 is 35.2 Å². The summed E-state index contributed by atoms with van der Waals surface area (Å²) in [5, 5.41) is 24.0. The van der Waals surface area contributed by atoms with Gasteiger partial charge in [0.15, 0.2) is 0 Å². The van der Waals surface area contributed by atoms with E-state index in [0.29, 0.717) is 70.1 Å². The fourth-order valence-corrected chi connectivity index (χ4v) is 6.43. The fraction of sp³-hybridized carbons (Fsp3) is 0.316. The highest BCUT2D eigenvalue weighted by molar-refractivity contribution is 6.05. The average molecular weight is 781 g/mol. The first-order chi connectivity index (χ1) is 27.4. The minimum Gasteiger partial charge on any atom is -0.494 e. The highest BCUT2D eigenvalue weighted by Gasteiger charge is 2.23. The summed E-state index contributed by atoms with van der Waals surface area (Å²) in [4.78, 5) is 61.1. The normalized spacial score (nSPS) is 11.5. The number of ether oxygens (including phenoxy) is 2. The van der Waals surface area contributed by atoms with Crippen molar-refractivity contribution in [2.24, 2.45) is 11.5 Å². The van der Waals surface area contributed by atoms with E-state index in [1.165, 1.54) is 31.4 Å². The molecule has 2 aromatic carbocycles. The molecule has 0 aliphatic heterocycles. The van der Waals surface area contributed by atoms with Gasteiger partial charge in [-0.1, -0.05) is 12.2 Å². The molecule has 57 heavy (non-hydrogen) atoms. The Morgan fingerprint density at radius 3 is 1.61 bits per heavy atom. The average Bonchev–Trinajstić information content (AvgIpc) is 3.95. The summed E-state index contributed by atoms with van der Waals surface area (Å²) in [7, 11) is 1.45. The quantitative estimate of drug-likeness (QED) is 0.0664. The molecule has 4 amide bonds. The number of imidazole rings is 2. The Kier molecular flexibility index (Phi) is 11.7. The van der Waals surface area contributed by atoms with Crippen molar-refractivity contribution in [3.63, 3.8) is 0 Å². The summed E-state index contributed by atoms with van der Waals surface area (Å²) in [6, 6.07) is 9.38. The molecule has 0 saturated carbocycles. The van der Waals surface area contributed by atoms with E-state index in [0.717, 1.165) is 0 Å². The maximum Gasteiger partial charge on any atom is 0.276 e. The molecule has 6 aromatic rings. The summed E-state index contributed by atoms with van der Waals surface area (Å²) in [6.07, 6.45) is 3.95. The van der Waals surface area contributed by atoms with E-state index in [1.54, 1.807) is 44.5 Å². The molecule has 4 heterocycles. The topological polar surface area (TPSA) is 254 Å². The molecule has 6 rings (SSSR count). The zero-order chi connectivity index (χ0) is 41.0. The molecule has 0 unspecified atom stereocenters. The summed E-state index contributed by atoms with van der Waals surface area (Å²) in [5.74, 6) is -1.38. The molecule has 0 saturated heterocycles. The number of nitrogens with zero attached hydrogens (tertiary/aromatic N) is 8. The van der Waals surface area contributed by atoms with Crippen LogP contribution in [0.2, 0.25) is 0 Å². The fourth-order valence-electron chi connectivity index (χ4n) is 6.43. The molecule has 0 aliphatic carbocycles. The Labute approximate surface area is 326 Å². The molecular formula is C38H44N12O7. The third-order valence-corrected chi connectivity index (χ3v) is 9.02. The molecule has 298 valence electrons. The summed E-state index contributed by atoms with van der Waals surface area (Å²) >= 11 is 0. The van der Waals surface area contributed by atoms with Gasteiger partial charge in [0.25, 0.3) is 11.8 Å². The van der Waals surface area contributed by atoms with E-state index in [9.17, 15) is 24.3 Å². The van der Waals surface area contributed by atoms with Gasteiger partial charge in [0.05, 0.1) is 36.1 Å². The number of nitrogens with one attached hydrogen (secondary N) is 2. The molecule has 0 spiro atoms. The predicted molar refractivity (Wildman–Crippen MR) is 211 cm³/mol. The number of benzene rings is 2. The van der Waals surface area contributed by atoms with Crippen molar-refractivity contribution < 1.29 is 33.8 Å². The molecule has 0 aliphatic rings. The minimum atomic E-state index is -0.700. The number of primary amides is 2. The predicted octanol–water partition coefficient (Wildman–Crippen LogP) is 3.16. The second-order valence-electron chi connectivity index (χ2n) is 13.0. The van der Waals surface area contributed by atoms with Crippen LogP contribution in [0.15, 0.2) is 48.6 Å². The Morgan fingerprint density at radius 2 is 1.19 bits per heavy atom. The van der Waals surface area contributed by atoms with Crippen molar-refractivity contribution in [2.75, 3.05) is 31.0 Å². The number of carbonyl (C=O) groups excluding carboxylic acids is 4. The number of aryl methyl sites for hydroxylation is 4. The number of aromatic nitrogens is 8. The number of carbonyl (C=O) groups is 4. The molecule has 4 aromatic heterocycles. The zero-order valence-electron chi connectivity index (χ0n) is 32.2. The highest BCUT2D eigenvalue weighted by atomic mass is 16.5. The van der Waals surface area contributed by atoms with Crippen LogP contribution in [0.4, 0.5) is 11.9 Å². The number of aliphatic hydroxyl groups excluding tert-OH is 1. The Bertz CT molecular complexity index is 2540. The first-order valence-electron chi connectivity index (χ1n) is 18.2. The van der Waals surface area contributed by atoms with Crippen molar-refractivity contribution in [1.29, 1.82) is 0 Å². The van der Waals surface area contributed by atoms with Crippen LogP contribution in [0.1, 0.15) is 73.3 Å². The van der Waals surface area contributed by atoms with Gasteiger partial charge in [0.1, 0.15) is 33.9 Å². The second kappa shape index (κ2) is 16.8. The van der Waals surface area contributed by atoms with E-state index in [4.69, 9.17) is 20.9 Å². The molecule has 0 bridgehead atoms. The van der Waals surface area contributed by atoms with E-state index in [2.05, 4.69) is 30.8 Å². The molecule has 0 atom stereocenters. The Morgan fingerprint density at radius 1 is 0.737 bits per heavy atom. The SMILES string of the molecule is CCn1nc(C)cc1C(=O)Nc1nc2cc(C(N)=O)cc(OC)c2n1C/C=C/Cn1c(NC(=O)c2cc(C)nn2CC)nc2cc(C(N)=O)cc(OCCCO)c21. The van der Waals surface area contributed by atoms with E-state index < -0.39 is 23.6 Å². The van der Waals surface area contributed by atoms with Crippen LogP contribution in [0.25, 0.3) is 22.1 Å². The van der Waals surface area contributed by atoms with Gasteiger partial charge in [-0.05, 0) is 64.1 Å². The third kappa shape index (κ3) is 8.18. The van der Waals surface area contributed by atoms with Gasteiger partial charge in [-0.25, -0.2) is 9.97 Å². The maximum absolute atomic E-state index is 13.6. The number of allylic oxidation sites excluding steroid dienone is 2. The van der Waals surface area contributed by atoms with Crippen molar-refractivity contribution in [1.82, 2.24) is 38.7 Å². The molecule has 19 nitrogen and oxygen atoms in total. The van der Waals surface area contributed by atoms with Crippen LogP contribution >= 0.6 is 0 Å². The van der Waals surface area contributed by atoms with Crippen molar-refractivity contribution >= 4 is 57.6 Å². The van der Waals surface area contributed by atoms with Crippen molar-refractivity contribution in [3.05, 3.63) is 82.5 Å². The number of amides is 4. The number of fused-ring (bicyclic) bond motifs is 2. The molecule has 19 heteroatoms. The summed E-state index contributed by atoms with van der Waals surface area (Å²) in [5.41, 5.74) is 15.2. The van der Waals surface area contributed by atoms with Crippen LogP contribution in [0.3, 0.4) is 0 Å². The van der Waals surface area contributed by atoms with Gasteiger partial charge in [0, 0.05) is 50.3 Å². The Hall–Kier alpha value is -7.02. The summed E-state index contributed by atoms with van der Waals surface area (Å²) < 4.78 is 18.3. The standard InChI is InChI=1S/C38H44N12O7/c1-6-49-27(15-21(3)45-49)35(54)43-37-41-25-17-23(33(39)52)19-29(56-5)31(25)47(37)11-8-9-12-48-32-26(18-24(34(40)53)20-30(32)57-14-10-13-51)42-38(48)44-36(55)28-16-22(4)46-50(28)7-2/h8-9,15-20,51H,6-7,10-14H2,1-5H3,(H2,39,52)(H2,40,53)(H,41,43,54)(H,42,44,55)/b9-8+. The van der Waals surface area contributed by atoms with Gasteiger partial charge in [-0.3, -0.25) is 39.2 Å². The molecule has 0 radical (unpaired) electrons. The number of methoxy groups -OCH3 is 1. The first-order valence-corrected chi connectivity index (χ1v) is 18.2. The minimum absolute atomic E-state index is 0.117. The number of hydrogen-bond acceptors (Lipinski definition) is 11. The van der Waals surface area contributed by atoms with Crippen molar-refractivity contribution in [3.8, 4) is 11.5 Å². The Balaban J connectivity index is 1.41.